The molecular formula is C33H39Cl2N5O5. The maximum atomic E-state index is 14.5. The number of hydrogen-bond acceptors (Lipinski definition) is 6. The van der Waals surface area contributed by atoms with E-state index in [0.717, 1.165) is 11.1 Å². The van der Waals surface area contributed by atoms with Crippen molar-refractivity contribution in [3.8, 4) is 11.5 Å². The van der Waals surface area contributed by atoms with E-state index < -0.39 is 18.2 Å². The van der Waals surface area contributed by atoms with E-state index in [1.165, 1.54) is 4.90 Å². The molecule has 45 heavy (non-hydrogen) atoms. The maximum absolute atomic E-state index is 14.5. The number of carboxylic acid groups (broad SMARTS) is 1. The van der Waals surface area contributed by atoms with Crippen LogP contribution in [0.25, 0.3) is 0 Å². The number of urea groups is 1. The van der Waals surface area contributed by atoms with E-state index in [0.29, 0.717) is 46.2 Å². The summed E-state index contributed by atoms with van der Waals surface area (Å²) in [5.41, 5.74) is 2.37. The fourth-order valence-corrected chi connectivity index (χ4v) is 5.57. The van der Waals surface area contributed by atoms with Crippen LogP contribution in [0.2, 0.25) is 10.0 Å². The lowest BCUT2D eigenvalue weighted by Gasteiger charge is -2.38. The van der Waals surface area contributed by atoms with Gasteiger partial charge in [-0.1, -0.05) is 47.5 Å². The highest BCUT2D eigenvalue weighted by Gasteiger charge is 2.45. The highest BCUT2D eigenvalue weighted by Crippen LogP contribution is 2.45. The van der Waals surface area contributed by atoms with Crippen molar-refractivity contribution >= 4 is 41.2 Å². The molecule has 2 N–H and O–H groups in total. The maximum Gasteiger partial charge on any atom is 0.407 e. The van der Waals surface area contributed by atoms with Crippen LogP contribution in [0.1, 0.15) is 42.6 Å². The quantitative estimate of drug-likeness (QED) is 0.298. The number of benzene rings is 3. The number of aliphatic imine (C=N–C) groups is 1. The molecule has 0 radical (unpaired) electrons. The second kappa shape index (κ2) is 15.8. The molecule has 240 valence electrons. The van der Waals surface area contributed by atoms with Gasteiger partial charge in [-0.05, 0) is 75.5 Å². The van der Waals surface area contributed by atoms with Gasteiger partial charge in [0.2, 0.25) is 0 Å². The van der Waals surface area contributed by atoms with Crippen LogP contribution >= 0.6 is 23.2 Å². The summed E-state index contributed by atoms with van der Waals surface area (Å²) in [6.45, 7) is 5.67. The van der Waals surface area contributed by atoms with Crippen molar-refractivity contribution in [3.63, 3.8) is 0 Å². The van der Waals surface area contributed by atoms with Gasteiger partial charge in [-0.2, -0.15) is 0 Å². The second-order valence-corrected chi connectivity index (χ2v) is 11.3. The summed E-state index contributed by atoms with van der Waals surface area (Å²) >= 11 is 12.5. The van der Waals surface area contributed by atoms with E-state index in [4.69, 9.17) is 37.7 Å². The predicted molar refractivity (Wildman–Crippen MR) is 177 cm³/mol. The molecule has 1 fully saturated rings. The summed E-state index contributed by atoms with van der Waals surface area (Å²) in [4.78, 5) is 35.9. The van der Waals surface area contributed by atoms with Crippen LogP contribution in [-0.2, 0) is 0 Å². The van der Waals surface area contributed by atoms with Gasteiger partial charge in [0, 0.05) is 42.3 Å². The van der Waals surface area contributed by atoms with Crippen molar-refractivity contribution in [2.24, 2.45) is 4.99 Å². The summed E-state index contributed by atoms with van der Waals surface area (Å²) in [5, 5.41) is 13.4. The largest absolute Gasteiger partial charge is 0.494 e. The molecule has 2 unspecified atom stereocenters. The minimum atomic E-state index is -0.997. The first-order chi connectivity index (χ1) is 21.7. The second-order valence-electron chi connectivity index (χ2n) is 10.4. The number of nitrogens with zero attached hydrogens (tertiary/aromatic N) is 4. The number of ether oxygens (including phenoxy) is 2. The third kappa shape index (κ3) is 8.00. The van der Waals surface area contributed by atoms with Gasteiger partial charge in [-0.25, -0.2) is 9.59 Å². The number of rotatable bonds is 7. The molecule has 0 aromatic heterocycles. The van der Waals surface area contributed by atoms with Crippen LogP contribution < -0.4 is 14.8 Å². The minimum Gasteiger partial charge on any atom is -0.494 e. The topological polar surface area (TPSA) is 107 Å². The number of hydrogen-bond donors (Lipinski definition) is 2. The molecule has 12 heteroatoms. The predicted octanol–water partition coefficient (Wildman–Crippen LogP) is 6.59. The SMILES string of the molecule is CCOc1ccc(C2=NC(c3ccc(Cl)cc3)C(c3ccc(Cl)cc3)N2C(=O)N2CCN(C(=O)O)CC2)c(OCC)c1.CNC. The van der Waals surface area contributed by atoms with Crippen LogP contribution in [0.5, 0.6) is 11.5 Å². The van der Waals surface area contributed by atoms with E-state index in [1.54, 1.807) is 21.9 Å². The molecule has 3 amide bonds. The van der Waals surface area contributed by atoms with Crippen LogP contribution in [-0.4, -0.2) is 91.3 Å². The smallest absolute Gasteiger partial charge is 0.407 e. The monoisotopic (exact) mass is 655 g/mol. The average molecular weight is 657 g/mol. The first-order valence-corrected chi connectivity index (χ1v) is 15.6. The lowest BCUT2D eigenvalue weighted by molar-refractivity contribution is 0.103. The number of carbonyl (C=O) groups is 2. The van der Waals surface area contributed by atoms with Crippen molar-refractivity contribution in [2.45, 2.75) is 25.9 Å². The van der Waals surface area contributed by atoms with Crippen molar-refractivity contribution in [2.75, 3.05) is 53.5 Å². The Kier molecular flexibility index (Phi) is 11.9. The van der Waals surface area contributed by atoms with Crippen LogP contribution in [0, 0.1) is 0 Å². The highest BCUT2D eigenvalue weighted by molar-refractivity contribution is 6.30. The summed E-state index contributed by atoms with van der Waals surface area (Å²) in [7, 11) is 3.75. The zero-order chi connectivity index (χ0) is 32.5. The Morgan fingerprint density at radius 2 is 1.38 bits per heavy atom. The van der Waals surface area contributed by atoms with Gasteiger partial charge < -0.3 is 29.7 Å². The molecule has 2 aliphatic rings. The lowest BCUT2D eigenvalue weighted by atomic mass is 9.93. The van der Waals surface area contributed by atoms with Crippen molar-refractivity contribution < 1.29 is 24.2 Å². The number of piperazine rings is 1. The van der Waals surface area contributed by atoms with Crippen molar-refractivity contribution in [1.29, 1.82) is 0 Å². The lowest BCUT2D eigenvalue weighted by Crippen LogP contribution is -2.55. The van der Waals surface area contributed by atoms with Gasteiger partial charge >= 0.3 is 12.1 Å². The van der Waals surface area contributed by atoms with E-state index in [9.17, 15) is 14.7 Å². The van der Waals surface area contributed by atoms with E-state index >= 15 is 0 Å². The third-order valence-corrected chi connectivity index (χ3v) is 7.83. The zero-order valence-electron chi connectivity index (χ0n) is 25.9. The number of carbonyl (C=O) groups excluding carboxylic acids is 1. The molecule has 0 bridgehead atoms. The molecule has 1 saturated heterocycles. The molecule has 3 aromatic carbocycles. The Bertz CT molecular complexity index is 1480. The molecule has 3 aromatic rings. The van der Waals surface area contributed by atoms with E-state index in [2.05, 4.69) is 5.32 Å². The van der Waals surface area contributed by atoms with Gasteiger partial charge in [-0.15, -0.1) is 0 Å². The van der Waals surface area contributed by atoms with E-state index in [1.807, 2.05) is 82.5 Å². The summed E-state index contributed by atoms with van der Waals surface area (Å²) in [6.07, 6.45) is -0.997. The minimum absolute atomic E-state index is 0.223. The molecule has 5 rings (SSSR count). The molecule has 2 aliphatic heterocycles. The van der Waals surface area contributed by atoms with Crippen molar-refractivity contribution in [3.05, 3.63) is 93.5 Å². The zero-order valence-corrected chi connectivity index (χ0v) is 27.4. The normalized spacial score (nSPS) is 17.7. The Morgan fingerprint density at radius 3 is 1.91 bits per heavy atom. The molecule has 2 atom stereocenters. The Labute approximate surface area is 274 Å². The Morgan fingerprint density at radius 1 is 0.844 bits per heavy atom. The number of amidine groups is 1. The first kappa shape index (κ1) is 33.9. The first-order valence-electron chi connectivity index (χ1n) is 14.9. The molecule has 10 nitrogen and oxygen atoms in total. The Balaban J connectivity index is 0.00000148. The van der Waals surface area contributed by atoms with Crippen LogP contribution in [0.4, 0.5) is 9.59 Å². The van der Waals surface area contributed by atoms with Crippen LogP contribution in [0.3, 0.4) is 0 Å². The van der Waals surface area contributed by atoms with Gasteiger partial charge in [0.15, 0.2) is 0 Å². The van der Waals surface area contributed by atoms with Crippen molar-refractivity contribution in [1.82, 2.24) is 20.0 Å². The molecule has 2 heterocycles. The van der Waals surface area contributed by atoms with Gasteiger partial charge in [0.05, 0.1) is 24.8 Å². The number of halogens is 2. The molecule has 0 spiro atoms. The number of amides is 3. The fraction of sp³-hybridized carbons (Fsp3) is 0.364. The number of nitrogens with one attached hydrogen (secondary N) is 1. The summed E-state index contributed by atoms with van der Waals surface area (Å²) < 4.78 is 11.8. The summed E-state index contributed by atoms with van der Waals surface area (Å²) in [6, 6.07) is 19.1. The van der Waals surface area contributed by atoms with Crippen LogP contribution in [0.15, 0.2) is 71.7 Å². The third-order valence-electron chi connectivity index (χ3n) is 7.32. The van der Waals surface area contributed by atoms with Gasteiger partial charge in [0.25, 0.3) is 0 Å². The molecule has 0 saturated carbocycles. The molecule has 0 aliphatic carbocycles. The average Bonchev–Trinajstić information content (AvgIpc) is 3.42. The standard InChI is InChI=1S/C31H32Cl2N4O5.C2H7N/c1-3-41-24-13-14-25(26(19-24)42-4-2)29-34-27(20-5-9-22(32)10-6-20)28(21-7-11-23(33)12-8-21)37(29)30(38)35-15-17-36(18-16-35)31(39)40;1-3-2/h5-14,19,27-28H,3-4,15-18H2,1-2H3,(H,39,40);3H,1-2H3. The fourth-order valence-electron chi connectivity index (χ4n) is 5.31. The summed E-state index contributed by atoms with van der Waals surface area (Å²) in [5.74, 6) is 1.64. The van der Waals surface area contributed by atoms with Gasteiger partial charge in [-0.3, -0.25) is 9.89 Å². The van der Waals surface area contributed by atoms with E-state index in [-0.39, 0.29) is 32.2 Å². The highest BCUT2D eigenvalue weighted by atomic mass is 35.5. The van der Waals surface area contributed by atoms with Gasteiger partial charge in [0.1, 0.15) is 23.4 Å². The molecular weight excluding hydrogens is 617 g/mol. The Hall–Kier alpha value is -3.99.